The van der Waals surface area contributed by atoms with Gasteiger partial charge in [0.1, 0.15) is 12.4 Å². The molecule has 3 rings (SSSR count). The lowest BCUT2D eigenvalue weighted by Gasteiger charge is -2.15. The summed E-state index contributed by atoms with van der Waals surface area (Å²) in [6.45, 7) is 0.203. The van der Waals surface area contributed by atoms with Crippen LogP contribution in [0.4, 0.5) is 0 Å². The Bertz CT molecular complexity index is 631. The Balaban J connectivity index is 1.74. The first-order valence-corrected chi connectivity index (χ1v) is 6.84. The van der Waals surface area contributed by atoms with Gasteiger partial charge >= 0.3 is 0 Å². The lowest BCUT2D eigenvalue weighted by molar-refractivity contribution is -0.115. The van der Waals surface area contributed by atoms with Crippen LogP contribution in [-0.2, 0) is 11.4 Å². The molecule has 0 unspecified atom stereocenters. The highest BCUT2D eigenvalue weighted by Gasteiger charge is 2.20. The van der Waals surface area contributed by atoms with Gasteiger partial charge in [0, 0.05) is 5.02 Å². The van der Waals surface area contributed by atoms with Gasteiger partial charge in [-0.15, -0.1) is 10.2 Å². The third-order valence-electron chi connectivity index (χ3n) is 2.43. The van der Waals surface area contributed by atoms with Gasteiger partial charge in [0.15, 0.2) is 5.82 Å². The number of carbonyl (C=O) groups is 1. The highest BCUT2D eigenvalue weighted by atomic mass is 35.5. The lowest BCUT2D eigenvalue weighted by atomic mass is 10.3. The van der Waals surface area contributed by atoms with Crippen molar-refractivity contribution >= 4 is 29.3 Å². The number of thioether (sulfide) groups is 1. The fourth-order valence-electron chi connectivity index (χ4n) is 1.59. The number of hydrogen-bond donors (Lipinski definition) is 1. The van der Waals surface area contributed by atoms with Crippen molar-refractivity contribution in [3.05, 3.63) is 35.1 Å². The maximum atomic E-state index is 11.3. The summed E-state index contributed by atoms with van der Waals surface area (Å²) in [5.41, 5.74) is 2.68. The standard InChI is InChI=1S/C11H9ClN4O2S/c12-7-2-1-3-8(4-7)18-5-9-13-14-11-16(9)15-10(17)6-19-11/h1-4H,5-6H2,(H,15,17). The molecule has 2 aromatic rings. The predicted octanol–water partition coefficient (Wildman–Crippen LogP) is 1.69. The predicted molar refractivity (Wildman–Crippen MR) is 70.9 cm³/mol. The number of fused-ring (bicyclic) bond motifs is 1. The Morgan fingerprint density at radius 1 is 1.47 bits per heavy atom. The minimum atomic E-state index is -0.0821. The van der Waals surface area contributed by atoms with Gasteiger partial charge in [0.05, 0.1) is 5.75 Å². The topological polar surface area (TPSA) is 69.0 Å². The second-order valence-electron chi connectivity index (χ2n) is 3.80. The quantitative estimate of drug-likeness (QED) is 0.933. The molecule has 0 atom stereocenters. The molecule has 1 aromatic carbocycles. The maximum absolute atomic E-state index is 11.3. The number of halogens is 1. The molecule has 1 aliphatic rings. The molecule has 6 nitrogen and oxygen atoms in total. The summed E-state index contributed by atoms with van der Waals surface area (Å²) in [6, 6.07) is 7.08. The minimum Gasteiger partial charge on any atom is -0.485 e. The highest BCUT2D eigenvalue weighted by Crippen LogP contribution is 2.21. The molecule has 1 amide bonds. The summed E-state index contributed by atoms with van der Waals surface area (Å²) in [4.78, 5) is 11.3. The monoisotopic (exact) mass is 296 g/mol. The van der Waals surface area contributed by atoms with Crippen molar-refractivity contribution in [2.24, 2.45) is 0 Å². The van der Waals surface area contributed by atoms with Crippen molar-refractivity contribution in [1.29, 1.82) is 0 Å². The third kappa shape index (κ3) is 2.66. The van der Waals surface area contributed by atoms with Crippen LogP contribution in [0.5, 0.6) is 5.75 Å². The molecule has 0 radical (unpaired) electrons. The van der Waals surface area contributed by atoms with E-state index in [4.69, 9.17) is 16.3 Å². The van der Waals surface area contributed by atoms with Crippen LogP contribution in [-0.4, -0.2) is 26.5 Å². The Hall–Kier alpha value is -1.73. The molecule has 0 fully saturated rings. The first-order chi connectivity index (χ1) is 9.22. The van der Waals surface area contributed by atoms with E-state index < -0.39 is 0 Å². The lowest BCUT2D eigenvalue weighted by Crippen LogP contribution is -2.31. The highest BCUT2D eigenvalue weighted by molar-refractivity contribution is 7.99. The van der Waals surface area contributed by atoms with E-state index in [1.807, 2.05) is 0 Å². The second kappa shape index (κ2) is 5.10. The van der Waals surface area contributed by atoms with Gasteiger partial charge in [-0.1, -0.05) is 29.4 Å². The van der Waals surface area contributed by atoms with E-state index in [9.17, 15) is 4.79 Å². The summed E-state index contributed by atoms with van der Waals surface area (Å²) >= 11 is 7.21. The van der Waals surface area contributed by atoms with Crippen LogP contribution in [0.3, 0.4) is 0 Å². The Kier molecular flexibility index (Phi) is 3.31. The molecule has 98 valence electrons. The van der Waals surface area contributed by atoms with Crippen molar-refractivity contribution in [2.75, 3.05) is 11.2 Å². The summed E-state index contributed by atoms with van der Waals surface area (Å²) in [6.07, 6.45) is 0. The average molecular weight is 297 g/mol. The van der Waals surface area contributed by atoms with Crippen LogP contribution in [0.1, 0.15) is 5.82 Å². The normalized spacial score (nSPS) is 13.8. The Labute approximate surface area is 118 Å². The van der Waals surface area contributed by atoms with Crippen LogP contribution in [0, 0.1) is 0 Å². The molecule has 0 aliphatic carbocycles. The van der Waals surface area contributed by atoms with Crippen LogP contribution in [0.25, 0.3) is 0 Å². The van der Waals surface area contributed by atoms with E-state index in [1.165, 1.54) is 11.8 Å². The van der Waals surface area contributed by atoms with Gasteiger partial charge in [-0.05, 0) is 18.2 Å². The average Bonchev–Trinajstić information content (AvgIpc) is 2.79. The number of nitrogens with one attached hydrogen (secondary N) is 1. The van der Waals surface area contributed by atoms with E-state index in [0.717, 1.165) is 0 Å². The third-order valence-corrected chi connectivity index (χ3v) is 3.60. The zero-order valence-corrected chi connectivity index (χ0v) is 11.2. The zero-order valence-electron chi connectivity index (χ0n) is 9.67. The minimum absolute atomic E-state index is 0.0821. The molecule has 0 bridgehead atoms. The molecule has 0 saturated carbocycles. The van der Waals surface area contributed by atoms with E-state index in [-0.39, 0.29) is 12.5 Å². The van der Waals surface area contributed by atoms with E-state index in [0.29, 0.717) is 27.5 Å². The smallest absolute Gasteiger partial charge is 0.249 e. The van der Waals surface area contributed by atoms with Crippen LogP contribution < -0.4 is 10.2 Å². The molecule has 8 heteroatoms. The number of amides is 1. The summed E-state index contributed by atoms with van der Waals surface area (Å²) in [5.74, 6) is 1.45. The van der Waals surface area contributed by atoms with Gasteiger partial charge in [0.2, 0.25) is 11.1 Å². The molecule has 19 heavy (non-hydrogen) atoms. The summed E-state index contributed by atoms with van der Waals surface area (Å²) in [7, 11) is 0. The van der Waals surface area contributed by atoms with Crippen molar-refractivity contribution in [3.8, 4) is 5.75 Å². The van der Waals surface area contributed by atoms with E-state index in [2.05, 4.69) is 15.6 Å². The Morgan fingerprint density at radius 2 is 2.37 bits per heavy atom. The fraction of sp³-hybridized carbons (Fsp3) is 0.182. The van der Waals surface area contributed by atoms with Gasteiger partial charge in [0.25, 0.3) is 0 Å². The van der Waals surface area contributed by atoms with Crippen LogP contribution in [0.15, 0.2) is 29.4 Å². The van der Waals surface area contributed by atoms with Crippen LogP contribution in [0.2, 0.25) is 5.02 Å². The van der Waals surface area contributed by atoms with Crippen molar-refractivity contribution in [3.63, 3.8) is 0 Å². The number of benzene rings is 1. The van der Waals surface area contributed by atoms with Crippen LogP contribution >= 0.6 is 23.4 Å². The molecule has 1 aromatic heterocycles. The SMILES string of the molecule is O=C1CSc2nnc(COc3cccc(Cl)c3)n2N1. The molecule has 1 N–H and O–H groups in total. The van der Waals surface area contributed by atoms with Gasteiger partial charge in [-0.25, -0.2) is 4.68 Å². The second-order valence-corrected chi connectivity index (χ2v) is 5.18. The first kappa shape index (κ1) is 12.3. The zero-order chi connectivity index (χ0) is 13.2. The molecular formula is C11H9ClN4O2S. The summed E-state index contributed by atoms with van der Waals surface area (Å²) < 4.78 is 7.11. The number of carbonyl (C=O) groups excluding carboxylic acids is 1. The molecule has 2 heterocycles. The number of ether oxygens (including phenoxy) is 1. The number of nitrogens with zero attached hydrogens (tertiary/aromatic N) is 3. The fourth-order valence-corrected chi connectivity index (χ4v) is 2.47. The van der Waals surface area contributed by atoms with Gasteiger partial charge in [-0.2, -0.15) is 0 Å². The largest absolute Gasteiger partial charge is 0.485 e. The molecule has 0 spiro atoms. The molecule has 1 aliphatic heterocycles. The molecule has 0 saturated heterocycles. The van der Waals surface area contributed by atoms with E-state index in [1.54, 1.807) is 28.9 Å². The first-order valence-electron chi connectivity index (χ1n) is 5.48. The molecular weight excluding hydrogens is 288 g/mol. The number of rotatable bonds is 3. The van der Waals surface area contributed by atoms with Gasteiger partial charge < -0.3 is 4.74 Å². The Morgan fingerprint density at radius 3 is 3.21 bits per heavy atom. The van der Waals surface area contributed by atoms with Gasteiger partial charge in [-0.3, -0.25) is 10.2 Å². The van der Waals surface area contributed by atoms with E-state index >= 15 is 0 Å². The number of aromatic nitrogens is 3. The number of hydrogen-bond acceptors (Lipinski definition) is 5. The van der Waals surface area contributed by atoms with Crippen molar-refractivity contribution < 1.29 is 9.53 Å². The van der Waals surface area contributed by atoms with Crippen molar-refractivity contribution in [2.45, 2.75) is 11.8 Å². The maximum Gasteiger partial charge on any atom is 0.249 e. The van der Waals surface area contributed by atoms with Crippen molar-refractivity contribution in [1.82, 2.24) is 14.9 Å². The summed E-state index contributed by atoms with van der Waals surface area (Å²) in [5, 5.41) is 9.22.